The van der Waals surface area contributed by atoms with Crippen LogP contribution in [-0.4, -0.2) is 30.9 Å². The lowest BCUT2D eigenvalue weighted by Gasteiger charge is -2.17. The van der Waals surface area contributed by atoms with Crippen LogP contribution in [0.1, 0.15) is 24.2 Å². The van der Waals surface area contributed by atoms with Crippen LogP contribution < -0.4 is 11.1 Å². The van der Waals surface area contributed by atoms with Gasteiger partial charge in [0.25, 0.3) is 5.91 Å². The first-order valence-corrected chi connectivity index (χ1v) is 6.88. The molecule has 1 fully saturated rings. The summed E-state index contributed by atoms with van der Waals surface area (Å²) < 4.78 is 11.0. The molecule has 1 heterocycles. The number of hydrogen-bond donors (Lipinski definition) is 2. The quantitative estimate of drug-likeness (QED) is 0.840. The van der Waals surface area contributed by atoms with Gasteiger partial charge in [-0.2, -0.15) is 0 Å². The zero-order valence-corrected chi connectivity index (χ0v) is 12.7. The van der Waals surface area contributed by atoms with Crippen LogP contribution in [0.3, 0.4) is 0 Å². The van der Waals surface area contributed by atoms with Gasteiger partial charge in [0.1, 0.15) is 6.10 Å². The van der Waals surface area contributed by atoms with Crippen molar-refractivity contribution in [1.29, 1.82) is 0 Å². The van der Waals surface area contributed by atoms with Gasteiger partial charge < -0.3 is 20.5 Å². The number of halogens is 2. The minimum Gasteiger partial charge on any atom is -0.396 e. The number of ether oxygens (including phenoxy) is 2. The van der Waals surface area contributed by atoms with Gasteiger partial charge in [-0.25, -0.2) is 0 Å². The monoisotopic (exact) mass is 318 g/mol. The fourth-order valence-electron chi connectivity index (χ4n) is 1.89. The average molecular weight is 319 g/mol. The van der Waals surface area contributed by atoms with E-state index in [9.17, 15) is 4.79 Å². The van der Waals surface area contributed by atoms with E-state index in [1.807, 2.05) is 13.8 Å². The zero-order chi connectivity index (χ0) is 14.9. The Morgan fingerprint density at radius 1 is 1.45 bits per heavy atom. The highest BCUT2D eigenvalue weighted by Crippen LogP contribution is 2.28. The first-order valence-electron chi connectivity index (χ1n) is 6.13. The number of nitrogens with two attached hydrogens (primary N) is 1. The first kappa shape index (κ1) is 15.4. The Morgan fingerprint density at radius 3 is 2.55 bits per heavy atom. The summed E-state index contributed by atoms with van der Waals surface area (Å²) in [6, 6.07) is 2.96. The average Bonchev–Trinajstić information content (AvgIpc) is 2.72. The summed E-state index contributed by atoms with van der Waals surface area (Å²) in [4.78, 5) is 12.0. The summed E-state index contributed by atoms with van der Waals surface area (Å²) in [7, 11) is 0. The van der Waals surface area contributed by atoms with E-state index in [2.05, 4.69) is 5.32 Å². The molecule has 1 saturated heterocycles. The number of nitrogen functional groups attached to an aromatic ring is 1. The molecule has 3 N–H and O–H groups in total. The molecule has 20 heavy (non-hydrogen) atoms. The minimum absolute atomic E-state index is 0.173. The van der Waals surface area contributed by atoms with E-state index >= 15 is 0 Å². The Bertz CT molecular complexity index is 511. The van der Waals surface area contributed by atoms with Crippen molar-refractivity contribution in [2.45, 2.75) is 25.7 Å². The maximum Gasteiger partial charge on any atom is 0.251 e. The second-order valence-electron chi connectivity index (χ2n) is 5.01. The molecular weight excluding hydrogens is 303 g/mol. The van der Waals surface area contributed by atoms with Crippen LogP contribution in [0.15, 0.2) is 12.1 Å². The molecule has 2 rings (SSSR count). The Balaban J connectivity index is 1.96. The smallest absolute Gasteiger partial charge is 0.251 e. The Hall–Kier alpha value is -1.01. The van der Waals surface area contributed by atoms with Crippen molar-refractivity contribution in [2.24, 2.45) is 0 Å². The van der Waals surface area contributed by atoms with Gasteiger partial charge in [-0.1, -0.05) is 23.2 Å². The molecule has 1 aliphatic rings. The predicted octanol–water partition coefficient (Wildman–Crippen LogP) is 2.46. The largest absolute Gasteiger partial charge is 0.396 e. The molecule has 1 aromatic rings. The lowest BCUT2D eigenvalue weighted by molar-refractivity contribution is -0.137. The van der Waals surface area contributed by atoms with Crippen LogP contribution in [0.4, 0.5) is 5.69 Å². The molecule has 7 heteroatoms. The van der Waals surface area contributed by atoms with Crippen molar-refractivity contribution in [2.75, 3.05) is 18.9 Å². The van der Waals surface area contributed by atoms with E-state index in [1.165, 1.54) is 12.1 Å². The maximum absolute atomic E-state index is 12.0. The van der Waals surface area contributed by atoms with Gasteiger partial charge in [0.15, 0.2) is 5.79 Å². The highest BCUT2D eigenvalue weighted by molar-refractivity contribution is 6.39. The van der Waals surface area contributed by atoms with Crippen molar-refractivity contribution in [3.8, 4) is 0 Å². The van der Waals surface area contributed by atoms with E-state index in [-0.39, 0.29) is 27.7 Å². The van der Waals surface area contributed by atoms with Crippen LogP contribution in [0.5, 0.6) is 0 Å². The van der Waals surface area contributed by atoms with Gasteiger partial charge >= 0.3 is 0 Å². The molecular formula is C13H16Cl2N2O3. The van der Waals surface area contributed by atoms with Crippen LogP contribution in [0, 0.1) is 0 Å². The molecule has 0 bridgehead atoms. The topological polar surface area (TPSA) is 73.6 Å². The molecule has 1 atom stereocenters. The summed E-state index contributed by atoms with van der Waals surface area (Å²) in [5.41, 5.74) is 6.24. The maximum atomic E-state index is 12.0. The number of carbonyl (C=O) groups is 1. The van der Waals surface area contributed by atoms with E-state index < -0.39 is 5.79 Å². The number of nitrogens with one attached hydrogen (secondary N) is 1. The van der Waals surface area contributed by atoms with Gasteiger partial charge in [-0.05, 0) is 26.0 Å². The summed E-state index contributed by atoms with van der Waals surface area (Å²) in [5, 5.41) is 3.26. The van der Waals surface area contributed by atoms with Crippen molar-refractivity contribution < 1.29 is 14.3 Å². The van der Waals surface area contributed by atoms with Crippen molar-refractivity contribution in [1.82, 2.24) is 5.32 Å². The molecule has 0 spiro atoms. The molecule has 1 aromatic carbocycles. The zero-order valence-electron chi connectivity index (χ0n) is 11.2. The third kappa shape index (κ3) is 3.55. The van der Waals surface area contributed by atoms with Gasteiger partial charge in [0.05, 0.1) is 22.3 Å². The normalized spacial score (nSPS) is 20.9. The Labute approximate surface area is 127 Å². The lowest BCUT2D eigenvalue weighted by Crippen LogP contribution is -2.34. The fraction of sp³-hybridized carbons (Fsp3) is 0.462. The third-order valence-electron chi connectivity index (χ3n) is 2.90. The van der Waals surface area contributed by atoms with Gasteiger partial charge in [0.2, 0.25) is 0 Å². The number of carbonyl (C=O) groups excluding carboxylic acids is 1. The minimum atomic E-state index is -0.608. The molecule has 1 aliphatic heterocycles. The highest BCUT2D eigenvalue weighted by atomic mass is 35.5. The highest BCUT2D eigenvalue weighted by Gasteiger charge is 2.32. The van der Waals surface area contributed by atoms with Crippen molar-refractivity contribution >= 4 is 34.8 Å². The number of hydrogen-bond acceptors (Lipinski definition) is 4. The van der Waals surface area contributed by atoms with Crippen LogP contribution >= 0.6 is 23.2 Å². The molecule has 0 radical (unpaired) electrons. The van der Waals surface area contributed by atoms with E-state index in [0.717, 1.165) is 0 Å². The molecule has 0 aromatic heterocycles. The first-order chi connectivity index (χ1) is 9.28. The summed E-state index contributed by atoms with van der Waals surface area (Å²) in [6.07, 6.45) is -0.173. The molecule has 1 unspecified atom stereocenters. The van der Waals surface area contributed by atoms with Crippen LogP contribution in [-0.2, 0) is 9.47 Å². The van der Waals surface area contributed by atoms with Crippen LogP contribution in [0.25, 0.3) is 0 Å². The number of amides is 1. The fourth-order valence-corrected chi connectivity index (χ4v) is 2.37. The standard InChI is InChI=1S/C13H16Cl2N2O3/c1-13(2)19-6-8(20-13)5-17-12(18)7-3-9(14)11(16)10(15)4-7/h3-4,8H,5-6,16H2,1-2H3,(H,17,18). The third-order valence-corrected chi connectivity index (χ3v) is 3.52. The van der Waals surface area contributed by atoms with Gasteiger partial charge in [-0.3, -0.25) is 4.79 Å². The molecule has 5 nitrogen and oxygen atoms in total. The summed E-state index contributed by atoms with van der Waals surface area (Å²) in [6.45, 7) is 4.45. The second kappa shape index (κ2) is 5.77. The molecule has 110 valence electrons. The SMILES string of the molecule is CC1(C)OCC(CNC(=O)c2cc(Cl)c(N)c(Cl)c2)O1. The van der Waals surface area contributed by atoms with Gasteiger partial charge in [0, 0.05) is 12.1 Å². The molecule has 0 aliphatic carbocycles. The van der Waals surface area contributed by atoms with Crippen molar-refractivity contribution in [3.05, 3.63) is 27.7 Å². The van der Waals surface area contributed by atoms with E-state index in [1.54, 1.807) is 0 Å². The Kier molecular flexibility index (Phi) is 4.44. The van der Waals surface area contributed by atoms with Gasteiger partial charge in [-0.15, -0.1) is 0 Å². The number of anilines is 1. The van der Waals surface area contributed by atoms with E-state index in [0.29, 0.717) is 18.7 Å². The van der Waals surface area contributed by atoms with Crippen LogP contribution in [0.2, 0.25) is 10.0 Å². The van der Waals surface area contributed by atoms with E-state index in [4.69, 9.17) is 38.4 Å². The Morgan fingerprint density at radius 2 is 2.05 bits per heavy atom. The molecule has 0 saturated carbocycles. The predicted molar refractivity (Wildman–Crippen MR) is 78.1 cm³/mol. The number of rotatable bonds is 3. The number of benzene rings is 1. The van der Waals surface area contributed by atoms with Crippen molar-refractivity contribution in [3.63, 3.8) is 0 Å². The molecule has 1 amide bonds. The summed E-state index contributed by atoms with van der Waals surface area (Å²) >= 11 is 11.8. The lowest BCUT2D eigenvalue weighted by atomic mass is 10.2. The second-order valence-corrected chi connectivity index (χ2v) is 5.83. The summed E-state index contributed by atoms with van der Waals surface area (Å²) in [5.74, 6) is -0.898.